The summed E-state index contributed by atoms with van der Waals surface area (Å²) in [4.78, 5) is 13.1. The molecule has 0 aliphatic carbocycles. The van der Waals surface area contributed by atoms with Gasteiger partial charge in [-0.15, -0.1) is 0 Å². The molecule has 0 aromatic heterocycles. The third-order valence-electron chi connectivity index (χ3n) is 11.3. The molecule has 0 radical (unpaired) electrons. The fourth-order valence-electron chi connectivity index (χ4n) is 7.41. The number of nitrogens with one attached hydrogen (secondary N) is 1. The second kappa shape index (κ2) is 31.5. The Morgan fingerprint density at radius 1 is 0.569 bits per heavy atom. The van der Waals surface area contributed by atoms with Gasteiger partial charge in [0.05, 0.1) is 38.6 Å². The Kier molecular flexibility index (Phi) is 27.5. The number of amides is 1. The van der Waals surface area contributed by atoms with Crippen molar-refractivity contribution in [2.45, 2.75) is 195 Å². The predicted molar refractivity (Wildman–Crippen MR) is 235 cm³/mol. The molecule has 3 saturated heterocycles. The van der Waals surface area contributed by atoms with Crippen molar-refractivity contribution in [3.63, 3.8) is 0 Å². The molecule has 3 heterocycles. The van der Waals surface area contributed by atoms with Crippen molar-refractivity contribution in [2.24, 2.45) is 0 Å². The molecule has 0 bridgehead atoms. The summed E-state index contributed by atoms with van der Waals surface area (Å²) in [6.07, 6.45) is 3.12. The lowest BCUT2D eigenvalue weighted by molar-refractivity contribution is -0.379. The summed E-state index contributed by atoms with van der Waals surface area (Å²) in [5, 5.41) is 119. The van der Waals surface area contributed by atoms with Crippen LogP contribution in [0.3, 0.4) is 0 Å². The van der Waals surface area contributed by atoms with Crippen LogP contribution in [-0.4, -0.2) is 193 Å². The van der Waals surface area contributed by atoms with E-state index in [4.69, 9.17) is 28.4 Å². The van der Waals surface area contributed by atoms with Gasteiger partial charge in [-0.2, -0.15) is 0 Å². The zero-order chi connectivity index (χ0) is 47.7. The van der Waals surface area contributed by atoms with Gasteiger partial charge < -0.3 is 89.9 Å². The van der Waals surface area contributed by atoms with E-state index < -0.39 is 124 Å². The van der Waals surface area contributed by atoms with E-state index in [1.807, 2.05) is 6.08 Å². The predicted octanol–water partition coefficient (Wildman–Crippen LogP) is -0.201. The van der Waals surface area contributed by atoms with Gasteiger partial charge in [0.1, 0.15) is 73.2 Å². The van der Waals surface area contributed by atoms with Crippen LogP contribution in [0.2, 0.25) is 0 Å². The van der Waals surface area contributed by atoms with Gasteiger partial charge in [-0.05, 0) is 57.8 Å². The first kappa shape index (κ1) is 56.8. The summed E-state index contributed by atoms with van der Waals surface area (Å²) in [6, 6.07) is -0.991. The van der Waals surface area contributed by atoms with Crippen molar-refractivity contribution in [1.82, 2.24) is 5.32 Å². The summed E-state index contributed by atoms with van der Waals surface area (Å²) in [5.41, 5.74) is 0. The maximum absolute atomic E-state index is 13.1. The maximum Gasteiger partial charge on any atom is 0.220 e. The summed E-state index contributed by atoms with van der Waals surface area (Å²) < 4.78 is 33.9. The van der Waals surface area contributed by atoms with Gasteiger partial charge in [0.25, 0.3) is 0 Å². The first-order chi connectivity index (χ1) is 31.3. The number of rotatable bonds is 29. The number of unbranched alkanes of at least 4 members (excludes halogenated alkanes) is 5. The van der Waals surface area contributed by atoms with E-state index in [1.165, 1.54) is 0 Å². The molecule has 0 aromatic rings. The largest absolute Gasteiger partial charge is 0.394 e. The van der Waals surface area contributed by atoms with Gasteiger partial charge in [-0.1, -0.05) is 87.4 Å². The van der Waals surface area contributed by atoms with E-state index in [0.29, 0.717) is 12.8 Å². The molecule has 12 N–H and O–H groups in total. The molecule has 0 saturated carbocycles. The third-order valence-corrected chi connectivity index (χ3v) is 11.3. The molecule has 17 atom stereocenters. The van der Waals surface area contributed by atoms with Gasteiger partial charge in [-0.25, -0.2) is 0 Å². The van der Waals surface area contributed by atoms with Crippen LogP contribution in [0.15, 0.2) is 60.8 Å². The van der Waals surface area contributed by atoms with Crippen LogP contribution in [0.1, 0.15) is 90.9 Å². The fourth-order valence-corrected chi connectivity index (χ4v) is 7.41. The minimum Gasteiger partial charge on any atom is -0.394 e. The van der Waals surface area contributed by atoms with E-state index in [-0.39, 0.29) is 18.9 Å². The molecule has 65 heavy (non-hydrogen) atoms. The molecule has 19 nitrogen and oxygen atoms in total. The average Bonchev–Trinajstić information content (AvgIpc) is 3.30. The van der Waals surface area contributed by atoms with E-state index in [1.54, 1.807) is 6.08 Å². The SMILES string of the molecule is CC/C=C\C/C=C\C/C=C\C/C=C\CCCCC(=O)NC(COC1OC(CO)C(OC2OC(CO)C(OC3OC(CO)C(O)C(O)C3O)C(O)C2O)C(O)C1O)C(O)/C=C/CCCCC. The first-order valence-corrected chi connectivity index (χ1v) is 23.0. The number of hydrogen-bond acceptors (Lipinski definition) is 18. The number of carbonyl (C=O) groups is 1. The molecule has 19 heteroatoms. The van der Waals surface area contributed by atoms with E-state index in [9.17, 15) is 61.0 Å². The lowest BCUT2D eigenvalue weighted by Crippen LogP contribution is -2.66. The molecular weight excluding hydrogens is 854 g/mol. The normalized spacial score (nSPS) is 34.7. The Hall–Kier alpha value is -2.51. The minimum atomic E-state index is -1.98. The number of allylic oxidation sites excluding steroid dienone is 9. The lowest BCUT2D eigenvalue weighted by Gasteiger charge is -2.48. The Balaban J connectivity index is 1.56. The summed E-state index contributed by atoms with van der Waals surface area (Å²) in [6.45, 7) is 1.37. The highest BCUT2D eigenvalue weighted by atomic mass is 16.8. The number of aliphatic hydroxyl groups excluding tert-OH is 11. The van der Waals surface area contributed by atoms with Crippen molar-refractivity contribution in [3.05, 3.63) is 60.8 Å². The monoisotopic (exact) mass is 932 g/mol. The van der Waals surface area contributed by atoms with Crippen molar-refractivity contribution < 1.29 is 89.4 Å². The van der Waals surface area contributed by atoms with Crippen molar-refractivity contribution in [1.29, 1.82) is 0 Å². The van der Waals surface area contributed by atoms with E-state index >= 15 is 0 Å². The number of carbonyl (C=O) groups excluding carboxylic acids is 1. The molecule has 3 fully saturated rings. The van der Waals surface area contributed by atoms with Crippen LogP contribution in [-0.2, 0) is 33.2 Å². The zero-order valence-electron chi connectivity index (χ0n) is 37.7. The van der Waals surface area contributed by atoms with Crippen LogP contribution in [0.5, 0.6) is 0 Å². The second-order valence-corrected chi connectivity index (χ2v) is 16.5. The van der Waals surface area contributed by atoms with E-state index in [2.05, 4.69) is 67.8 Å². The Labute approximate surface area is 382 Å². The standard InChI is InChI=1S/C46H77NO18/c1-3-5-7-9-10-11-12-13-14-15-16-17-18-20-22-24-34(52)47-29(30(51)23-21-19-8-6-4-2)28-60-44-40(58)37(55)42(32(26-49)62-44)65-46-41(59)38(56)43(33(27-50)63-46)64-45-39(57)36(54)35(53)31(25-48)61-45/h5,7,10-11,13-14,16-17,21,23,29-33,35-46,48-51,53-59H,3-4,6,8-9,12,15,18-20,22,24-28H2,1-2H3,(H,47,52)/b7-5-,11-10-,14-13-,17-16-,23-21+. The highest BCUT2D eigenvalue weighted by Gasteiger charge is 2.53. The topological polar surface area (TPSA) is 307 Å². The molecule has 17 unspecified atom stereocenters. The highest BCUT2D eigenvalue weighted by molar-refractivity contribution is 5.76. The molecule has 3 rings (SSSR count). The molecular formula is C46H77NO18. The fraction of sp³-hybridized carbons (Fsp3) is 0.761. The quantitative estimate of drug-likeness (QED) is 0.0341. The number of ether oxygens (including phenoxy) is 6. The van der Waals surface area contributed by atoms with Crippen molar-refractivity contribution >= 4 is 5.91 Å². The second-order valence-electron chi connectivity index (χ2n) is 16.5. The highest BCUT2D eigenvalue weighted by Crippen LogP contribution is 2.33. The summed E-state index contributed by atoms with van der Waals surface area (Å²) in [7, 11) is 0. The van der Waals surface area contributed by atoms with E-state index in [0.717, 1.165) is 57.8 Å². The molecule has 0 spiro atoms. The number of hydrogen-bond donors (Lipinski definition) is 12. The van der Waals surface area contributed by atoms with Crippen LogP contribution in [0.4, 0.5) is 0 Å². The van der Waals surface area contributed by atoms with Crippen LogP contribution in [0, 0.1) is 0 Å². The van der Waals surface area contributed by atoms with Gasteiger partial charge >= 0.3 is 0 Å². The van der Waals surface area contributed by atoms with Gasteiger partial charge in [-0.3, -0.25) is 4.79 Å². The van der Waals surface area contributed by atoms with Crippen molar-refractivity contribution in [3.8, 4) is 0 Å². The molecule has 1 amide bonds. The number of aliphatic hydroxyl groups is 11. The molecule has 3 aliphatic heterocycles. The Morgan fingerprint density at radius 2 is 1.05 bits per heavy atom. The van der Waals surface area contributed by atoms with Gasteiger partial charge in [0.2, 0.25) is 5.91 Å². The zero-order valence-corrected chi connectivity index (χ0v) is 37.7. The minimum absolute atomic E-state index is 0.186. The van der Waals surface area contributed by atoms with Crippen LogP contribution < -0.4 is 5.32 Å². The molecule has 374 valence electrons. The third kappa shape index (κ3) is 18.5. The first-order valence-electron chi connectivity index (χ1n) is 23.0. The van der Waals surface area contributed by atoms with Gasteiger partial charge in [0, 0.05) is 6.42 Å². The summed E-state index contributed by atoms with van der Waals surface area (Å²) in [5.74, 6) is -0.329. The molecule has 0 aromatic carbocycles. The van der Waals surface area contributed by atoms with Crippen LogP contribution >= 0.6 is 0 Å². The smallest absolute Gasteiger partial charge is 0.220 e. The Bertz CT molecular complexity index is 1440. The van der Waals surface area contributed by atoms with Crippen LogP contribution in [0.25, 0.3) is 0 Å². The maximum atomic E-state index is 13.1. The Morgan fingerprint density at radius 3 is 1.60 bits per heavy atom. The average molecular weight is 932 g/mol. The lowest BCUT2D eigenvalue weighted by atomic mass is 9.96. The van der Waals surface area contributed by atoms with Crippen molar-refractivity contribution in [2.75, 3.05) is 26.4 Å². The molecule has 3 aliphatic rings. The summed E-state index contributed by atoms with van der Waals surface area (Å²) >= 11 is 0. The van der Waals surface area contributed by atoms with Gasteiger partial charge in [0.15, 0.2) is 18.9 Å².